The first kappa shape index (κ1) is 20.7. The molecule has 24 heavy (non-hydrogen) atoms. The molecule has 1 aromatic rings. The molecule has 1 aromatic carbocycles. The molecule has 0 spiro atoms. The summed E-state index contributed by atoms with van der Waals surface area (Å²) in [4.78, 5) is 14.7. The number of halogens is 4. The van der Waals surface area contributed by atoms with E-state index in [4.69, 9.17) is 5.11 Å². The average molecular weight is 367 g/mol. The number of benzene rings is 1. The number of aliphatic carboxylic acids is 1. The highest BCUT2D eigenvalue weighted by Gasteiger charge is 2.30. The van der Waals surface area contributed by atoms with Crippen molar-refractivity contribution in [2.75, 3.05) is 26.7 Å². The van der Waals surface area contributed by atoms with Crippen molar-refractivity contribution in [3.05, 3.63) is 35.4 Å². The van der Waals surface area contributed by atoms with Crippen LogP contribution in [0.15, 0.2) is 24.3 Å². The predicted molar refractivity (Wildman–Crippen MR) is 87.3 cm³/mol. The van der Waals surface area contributed by atoms with Crippen molar-refractivity contribution < 1.29 is 23.1 Å². The fraction of sp³-hybridized carbons (Fsp3) is 0.562. The molecule has 0 amide bonds. The van der Waals surface area contributed by atoms with E-state index in [0.29, 0.717) is 12.1 Å². The number of likely N-dealkylation sites (tertiary alicyclic amines) is 1. The lowest BCUT2D eigenvalue weighted by Gasteiger charge is -2.36. The van der Waals surface area contributed by atoms with Crippen molar-refractivity contribution >= 4 is 18.4 Å². The van der Waals surface area contributed by atoms with Gasteiger partial charge in [-0.25, -0.2) is 0 Å². The van der Waals surface area contributed by atoms with Crippen LogP contribution in [-0.4, -0.2) is 53.6 Å². The molecule has 1 heterocycles. The molecule has 0 bridgehead atoms. The van der Waals surface area contributed by atoms with Crippen LogP contribution in [0.4, 0.5) is 13.2 Å². The van der Waals surface area contributed by atoms with Gasteiger partial charge >= 0.3 is 12.1 Å². The maximum atomic E-state index is 12.7. The third-order valence-electron chi connectivity index (χ3n) is 4.23. The summed E-state index contributed by atoms with van der Waals surface area (Å²) >= 11 is 0. The van der Waals surface area contributed by atoms with Crippen molar-refractivity contribution in [1.82, 2.24) is 9.80 Å². The molecule has 0 atom stereocenters. The molecule has 0 radical (unpaired) electrons. The van der Waals surface area contributed by atoms with Gasteiger partial charge in [-0.05, 0) is 44.6 Å². The third kappa shape index (κ3) is 5.96. The second-order valence-corrected chi connectivity index (χ2v) is 6.01. The van der Waals surface area contributed by atoms with E-state index in [1.165, 1.54) is 12.1 Å². The van der Waals surface area contributed by atoms with Crippen LogP contribution in [0.1, 0.15) is 24.0 Å². The molecule has 1 saturated heterocycles. The number of hydrogen-bond donors (Lipinski definition) is 1. The van der Waals surface area contributed by atoms with Crippen molar-refractivity contribution in [1.29, 1.82) is 0 Å². The highest BCUT2D eigenvalue weighted by Crippen LogP contribution is 2.30. The van der Waals surface area contributed by atoms with E-state index in [9.17, 15) is 18.0 Å². The molecule has 0 aromatic heterocycles. The van der Waals surface area contributed by atoms with Gasteiger partial charge in [-0.2, -0.15) is 13.2 Å². The van der Waals surface area contributed by atoms with Crippen LogP contribution in [0, 0.1) is 0 Å². The first-order chi connectivity index (χ1) is 10.8. The first-order valence-electron chi connectivity index (χ1n) is 7.56. The van der Waals surface area contributed by atoms with Crippen LogP contribution >= 0.6 is 12.4 Å². The number of carboxylic acid groups (broad SMARTS) is 1. The Hall–Kier alpha value is -1.31. The maximum absolute atomic E-state index is 12.7. The number of alkyl halides is 3. The summed E-state index contributed by atoms with van der Waals surface area (Å²) in [7, 11) is 1.79. The number of carbonyl (C=O) groups is 1. The summed E-state index contributed by atoms with van der Waals surface area (Å²) in [5, 5.41) is 8.81. The van der Waals surface area contributed by atoms with E-state index in [2.05, 4.69) is 4.90 Å². The van der Waals surface area contributed by atoms with Crippen molar-refractivity contribution in [2.24, 2.45) is 0 Å². The second kappa shape index (κ2) is 8.69. The lowest BCUT2D eigenvalue weighted by atomic mass is 10.0. The smallest absolute Gasteiger partial charge is 0.416 e. The Morgan fingerprint density at radius 1 is 1.33 bits per heavy atom. The lowest BCUT2D eigenvalue weighted by Crippen LogP contribution is -2.44. The van der Waals surface area contributed by atoms with Gasteiger partial charge in [0.05, 0.1) is 12.1 Å². The monoisotopic (exact) mass is 366 g/mol. The summed E-state index contributed by atoms with van der Waals surface area (Å²) in [6.45, 7) is 2.01. The summed E-state index contributed by atoms with van der Waals surface area (Å²) < 4.78 is 38.2. The molecule has 1 fully saturated rings. The number of rotatable bonds is 5. The van der Waals surface area contributed by atoms with Crippen LogP contribution in [0.5, 0.6) is 0 Å². The van der Waals surface area contributed by atoms with Crippen molar-refractivity contribution in [3.8, 4) is 0 Å². The molecule has 0 saturated carbocycles. The highest BCUT2D eigenvalue weighted by atomic mass is 35.5. The Balaban J connectivity index is 0.00000288. The molecule has 4 nitrogen and oxygen atoms in total. The zero-order valence-corrected chi connectivity index (χ0v) is 14.2. The minimum atomic E-state index is -4.32. The van der Waals surface area contributed by atoms with Gasteiger partial charge in [0, 0.05) is 12.6 Å². The third-order valence-corrected chi connectivity index (χ3v) is 4.23. The fourth-order valence-electron chi connectivity index (χ4n) is 2.96. The Morgan fingerprint density at radius 2 is 1.96 bits per heavy atom. The second-order valence-electron chi connectivity index (χ2n) is 6.01. The standard InChI is InChI=1S/C16H21F3N2O2.ClH/c1-20(11-15(22)23)14-5-7-21(8-6-14)10-12-3-2-4-13(9-12)16(17,18)19;/h2-4,9,14H,5-8,10-11H2,1H3,(H,22,23);1H. The van der Waals surface area contributed by atoms with E-state index in [1.807, 2.05) is 4.90 Å². The van der Waals surface area contributed by atoms with Gasteiger partial charge in [0.15, 0.2) is 0 Å². The summed E-state index contributed by atoms with van der Waals surface area (Å²) in [5.74, 6) is -0.848. The van der Waals surface area contributed by atoms with E-state index < -0.39 is 17.7 Å². The van der Waals surface area contributed by atoms with Crippen LogP contribution in [0.25, 0.3) is 0 Å². The van der Waals surface area contributed by atoms with Gasteiger partial charge in [0.25, 0.3) is 0 Å². The van der Waals surface area contributed by atoms with E-state index in [0.717, 1.165) is 32.0 Å². The fourth-order valence-corrected chi connectivity index (χ4v) is 2.96. The average Bonchev–Trinajstić information content (AvgIpc) is 2.46. The van der Waals surface area contributed by atoms with Crippen LogP contribution in [-0.2, 0) is 17.5 Å². The number of hydrogen-bond acceptors (Lipinski definition) is 3. The summed E-state index contributed by atoms with van der Waals surface area (Å²) in [6.07, 6.45) is -2.67. The first-order valence-corrected chi connectivity index (χ1v) is 7.56. The van der Waals surface area contributed by atoms with Gasteiger partial charge in [0.1, 0.15) is 0 Å². The Kier molecular flexibility index (Phi) is 7.51. The molecule has 0 unspecified atom stereocenters. The maximum Gasteiger partial charge on any atom is 0.416 e. The summed E-state index contributed by atoms with van der Waals surface area (Å²) in [5.41, 5.74) is 0.0308. The molecule has 8 heteroatoms. The number of likely N-dealkylation sites (N-methyl/N-ethyl adjacent to an activating group) is 1. The Bertz CT molecular complexity index is 546. The van der Waals surface area contributed by atoms with Crippen molar-refractivity contribution in [3.63, 3.8) is 0 Å². The molecule has 136 valence electrons. The number of piperidine rings is 1. The van der Waals surface area contributed by atoms with E-state index in [1.54, 1.807) is 13.1 Å². The Morgan fingerprint density at radius 3 is 2.50 bits per heavy atom. The lowest BCUT2D eigenvalue weighted by molar-refractivity contribution is -0.139. The summed E-state index contributed by atoms with van der Waals surface area (Å²) in [6, 6.07) is 5.63. The van der Waals surface area contributed by atoms with E-state index in [-0.39, 0.29) is 25.0 Å². The molecule has 1 aliphatic rings. The molecular formula is C16H22ClF3N2O2. The predicted octanol–water partition coefficient (Wildman–Crippen LogP) is 3.11. The van der Waals surface area contributed by atoms with Crippen LogP contribution < -0.4 is 0 Å². The van der Waals surface area contributed by atoms with Gasteiger partial charge in [0.2, 0.25) is 0 Å². The molecule has 1 aliphatic heterocycles. The van der Waals surface area contributed by atoms with Gasteiger partial charge in [-0.1, -0.05) is 18.2 Å². The largest absolute Gasteiger partial charge is 0.480 e. The van der Waals surface area contributed by atoms with Gasteiger partial charge in [-0.3, -0.25) is 14.6 Å². The van der Waals surface area contributed by atoms with Crippen LogP contribution in [0.2, 0.25) is 0 Å². The highest BCUT2D eigenvalue weighted by molar-refractivity contribution is 5.85. The minimum absolute atomic E-state index is 0. The minimum Gasteiger partial charge on any atom is -0.480 e. The van der Waals surface area contributed by atoms with E-state index >= 15 is 0 Å². The zero-order chi connectivity index (χ0) is 17.0. The normalized spacial score (nSPS) is 16.9. The van der Waals surface area contributed by atoms with Gasteiger partial charge < -0.3 is 5.11 Å². The molecular weight excluding hydrogens is 345 g/mol. The SMILES string of the molecule is CN(CC(=O)O)C1CCN(Cc2cccc(C(F)(F)F)c2)CC1.Cl. The van der Waals surface area contributed by atoms with Crippen molar-refractivity contribution in [2.45, 2.75) is 31.6 Å². The van der Waals surface area contributed by atoms with Crippen LogP contribution in [0.3, 0.4) is 0 Å². The topological polar surface area (TPSA) is 43.8 Å². The molecule has 0 aliphatic carbocycles. The number of carboxylic acids is 1. The number of nitrogens with zero attached hydrogens (tertiary/aromatic N) is 2. The quantitative estimate of drug-likeness (QED) is 0.869. The molecule has 1 N–H and O–H groups in total. The van der Waals surface area contributed by atoms with Gasteiger partial charge in [-0.15, -0.1) is 12.4 Å². The molecule has 2 rings (SSSR count). The zero-order valence-electron chi connectivity index (χ0n) is 13.4. The Labute approximate surface area is 145 Å².